The van der Waals surface area contributed by atoms with Crippen LogP contribution in [0.3, 0.4) is 0 Å². The van der Waals surface area contributed by atoms with E-state index in [1.54, 1.807) is 17.5 Å². The van der Waals surface area contributed by atoms with Crippen molar-refractivity contribution in [2.24, 2.45) is 0 Å². The second-order valence-corrected chi connectivity index (χ2v) is 5.70. The summed E-state index contributed by atoms with van der Waals surface area (Å²) < 4.78 is 0. The molecule has 0 amide bonds. The van der Waals surface area contributed by atoms with Crippen LogP contribution in [0.4, 0.5) is 0 Å². The van der Waals surface area contributed by atoms with Gasteiger partial charge in [-0.2, -0.15) is 0 Å². The molecule has 0 aliphatic heterocycles. The Morgan fingerprint density at radius 2 is 2.47 bits per heavy atom. The molecule has 1 N–H and O–H groups in total. The fourth-order valence-corrected chi connectivity index (χ4v) is 3.63. The average Bonchev–Trinajstić information content (AvgIpc) is 2.79. The summed E-state index contributed by atoms with van der Waals surface area (Å²) in [7, 11) is 0. The van der Waals surface area contributed by atoms with Crippen LogP contribution < -0.4 is 0 Å². The molecular weight excluding hydrogens is 296 g/mol. The van der Waals surface area contributed by atoms with Gasteiger partial charge in [-0.3, -0.25) is 0 Å². The first kappa shape index (κ1) is 11.2. The SMILES string of the molecule is Cc1csc(C(Br)Cc2ncc[nH]2)c1Cl. The van der Waals surface area contributed by atoms with E-state index in [1.807, 2.05) is 13.1 Å². The van der Waals surface area contributed by atoms with Gasteiger partial charge in [0.2, 0.25) is 0 Å². The molecule has 1 atom stereocenters. The van der Waals surface area contributed by atoms with Crippen LogP contribution in [-0.4, -0.2) is 9.97 Å². The van der Waals surface area contributed by atoms with Crippen molar-refractivity contribution >= 4 is 38.9 Å². The first-order chi connectivity index (χ1) is 7.18. The highest BCUT2D eigenvalue weighted by Crippen LogP contribution is 2.38. The summed E-state index contributed by atoms with van der Waals surface area (Å²) in [6, 6.07) is 0. The minimum atomic E-state index is 0.231. The number of nitrogens with one attached hydrogen (secondary N) is 1. The molecule has 1 unspecified atom stereocenters. The molecule has 2 nitrogen and oxygen atoms in total. The van der Waals surface area contributed by atoms with Gasteiger partial charge in [-0.25, -0.2) is 4.98 Å². The van der Waals surface area contributed by atoms with Crippen LogP contribution in [0.1, 0.15) is 21.1 Å². The summed E-state index contributed by atoms with van der Waals surface area (Å²) in [6.45, 7) is 2.02. The lowest BCUT2D eigenvalue weighted by molar-refractivity contribution is 0.888. The van der Waals surface area contributed by atoms with Gasteiger partial charge >= 0.3 is 0 Å². The van der Waals surface area contributed by atoms with E-state index >= 15 is 0 Å². The van der Waals surface area contributed by atoms with Gasteiger partial charge in [-0.1, -0.05) is 27.5 Å². The minimum absolute atomic E-state index is 0.231. The number of hydrogen-bond donors (Lipinski definition) is 1. The number of aromatic nitrogens is 2. The van der Waals surface area contributed by atoms with Gasteiger partial charge < -0.3 is 4.98 Å². The van der Waals surface area contributed by atoms with Crippen molar-refractivity contribution in [1.29, 1.82) is 0 Å². The van der Waals surface area contributed by atoms with Gasteiger partial charge in [0.1, 0.15) is 5.82 Å². The Morgan fingerprint density at radius 3 is 3.00 bits per heavy atom. The zero-order valence-electron chi connectivity index (χ0n) is 8.13. The molecule has 0 bridgehead atoms. The topological polar surface area (TPSA) is 28.7 Å². The number of alkyl halides is 1. The number of aromatic amines is 1. The van der Waals surface area contributed by atoms with Crippen molar-refractivity contribution in [3.63, 3.8) is 0 Å². The van der Waals surface area contributed by atoms with Crippen molar-refractivity contribution in [3.8, 4) is 0 Å². The van der Waals surface area contributed by atoms with Crippen LogP contribution in [0.5, 0.6) is 0 Å². The van der Waals surface area contributed by atoms with Gasteiger partial charge in [-0.05, 0) is 17.9 Å². The quantitative estimate of drug-likeness (QED) is 0.849. The third kappa shape index (κ3) is 2.44. The van der Waals surface area contributed by atoms with Crippen molar-refractivity contribution in [3.05, 3.63) is 39.1 Å². The fourth-order valence-electron chi connectivity index (χ4n) is 1.33. The molecule has 0 aliphatic carbocycles. The Hall–Kier alpha value is -0.320. The zero-order valence-corrected chi connectivity index (χ0v) is 11.3. The number of aryl methyl sites for hydroxylation is 1. The van der Waals surface area contributed by atoms with E-state index in [0.29, 0.717) is 0 Å². The highest BCUT2D eigenvalue weighted by atomic mass is 79.9. The molecule has 0 aliphatic rings. The Kier molecular flexibility index (Phi) is 3.49. The van der Waals surface area contributed by atoms with Gasteiger partial charge in [0.25, 0.3) is 0 Å². The molecule has 0 radical (unpaired) electrons. The summed E-state index contributed by atoms with van der Waals surface area (Å²) in [5, 5.41) is 2.95. The first-order valence-electron chi connectivity index (χ1n) is 4.54. The van der Waals surface area contributed by atoms with E-state index in [9.17, 15) is 0 Å². The number of hydrogen-bond acceptors (Lipinski definition) is 2. The van der Waals surface area contributed by atoms with Gasteiger partial charge in [0, 0.05) is 23.7 Å². The van der Waals surface area contributed by atoms with Gasteiger partial charge in [0.15, 0.2) is 0 Å². The number of thiophene rings is 1. The first-order valence-corrected chi connectivity index (χ1v) is 6.71. The number of rotatable bonds is 3. The van der Waals surface area contributed by atoms with E-state index in [4.69, 9.17) is 11.6 Å². The second-order valence-electron chi connectivity index (χ2n) is 3.30. The van der Waals surface area contributed by atoms with E-state index in [2.05, 4.69) is 31.3 Å². The average molecular weight is 306 g/mol. The van der Waals surface area contributed by atoms with E-state index in [-0.39, 0.29) is 4.83 Å². The summed E-state index contributed by atoms with van der Waals surface area (Å²) in [4.78, 5) is 8.68. The summed E-state index contributed by atoms with van der Waals surface area (Å²) in [5.41, 5.74) is 1.14. The highest BCUT2D eigenvalue weighted by Gasteiger charge is 2.16. The molecule has 0 spiro atoms. The summed E-state index contributed by atoms with van der Waals surface area (Å²) in [6.07, 6.45) is 4.42. The Bertz CT molecular complexity index is 438. The molecule has 80 valence electrons. The summed E-state index contributed by atoms with van der Waals surface area (Å²) >= 11 is 11.5. The van der Waals surface area contributed by atoms with Crippen LogP contribution in [0, 0.1) is 6.92 Å². The fraction of sp³-hybridized carbons (Fsp3) is 0.300. The molecule has 0 saturated carbocycles. The van der Waals surface area contributed by atoms with Crippen LogP contribution in [0.2, 0.25) is 5.02 Å². The molecule has 0 aromatic carbocycles. The maximum atomic E-state index is 6.19. The third-order valence-electron chi connectivity index (χ3n) is 2.14. The standard InChI is InChI=1S/C10H10BrClN2S/c1-6-5-15-10(9(6)12)7(11)4-8-13-2-3-14-8/h2-3,5,7H,4H2,1H3,(H,13,14). The summed E-state index contributed by atoms with van der Waals surface area (Å²) in [5.74, 6) is 0.971. The molecule has 2 rings (SSSR count). The number of H-pyrrole nitrogens is 1. The lowest BCUT2D eigenvalue weighted by Crippen LogP contribution is -1.95. The maximum Gasteiger partial charge on any atom is 0.107 e. The largest absolute Gasteiger partial charge is 0.349 e. The van der Waals surface area contributed by atoms with E-state index < -0.39 is 0 Å². The third-order valence-corrected chi connectivity index (χ3v) is 5.05. The number of imidazole rings is 1. The van der Waals surface area contributed by atoms with Gasteiger partial charge in [0.05, 0.1) is 9.85 Å². The lowest BCUT2D eigenvalue weighted by Gasteiger charge is -2.06. The lowest BCUT2D eigenvalue weighted by atomic mass is 10.2. The normalized spacial score (nSPS) is 13.0. The molecule has 5 heteroatoms. The Morgan fingerprint density at radius 1 is 1.67 bits per heavy atom. The van der Waals surface area contributed by atoms with E-state index in [0.717, 1.165) is 22.8 Å². The molecule has 2 aromatic rings. The predicted octanol–water partition coefficient (Wildman–Crippen LogP) is 4.11. The molecule has 15 heavy (non-hydrogen) atoms. The van der Waals surface area contributed by atoms with Crippen LogP contribution in [-0.2, 0) is 6.42 Å². The smallest absolute Gasteiger partial charge is 0.107 e. The van der Waals surface area contributed by atoms with Gasteiger partial charge in [-0.15, -0.1) is 11.3 Å². The molecular formula is C10H10BrClN2S. The second kappa shape index (κ2) is 4.68. The molecule has 2 aromatic heterocycles. The Balaban J connectivity index is 2.14. The highest BCUT2D eigenvalue weighted by molar-refractivity contribution is 9.09. The van der Waals surface area contributed by atoms with Crippen molar-refractivity contribution in [2.75, 3.05) is 0 Å². The number of nitrogens with zero attached hydrogens (tertiary/aromatic N) is 1. The van der Waals surface area contributed by atoms with Crippen molar-refractivity contribution < 1.29 is 0 Å². The monoisotopic (exact) mass is 304 g/mol. The van der Waals surface area contributed by atoms with Crippen LogP contribution in [0.25, 0.3) is 0 Å². The zero-order chi connectivity index (χ0) is 10.8. The van der Waals surface area contributed by atoms with Crippen LogP contribution >= 0.6 is 38.9 Å². The van der Waals surface area contributed by atoms with Crippen molar-refractivity contribution in [1.82, 2.24) is 9.97 Å². The van der Waals surface area contributed by atoms with Crippen LogP contribution in [0.15, 0.2) is 17.8 Å². The molecule has 2 heterocycles. The Labute approximate surface area is 106 Å². The number of halogens is 2. The molecule has 0 saturated heterocycles. The molecule has 0 fully saturated rings. The van der Waals surface area contributed by atoms with Crippen molar-refractivity contribution in [2.45, 2.75) is 18.2 Å². The maximum absolute atomic E-state index is 6.19. The minimum Gasteiger partial charge on any atom is -0.349 e. The van der Waals surface area contributed by atoms with E-state index in [1.165, 1.54) is 4.88 Å². The predicted molar refractivity (Wildman–Crippen MR) is 68.0 cm³/mol.